The third-order valence-corrected chi connectivity index (χ3v) is 5.83. The number of carbonyl (C=O) groups is 2. The number of nitrogens with one attached hydrogen (secondary N) is 2. The second kappa shape index (κ2) is 9.63. The highest BCUT2D eigenvalue weighted by atomic mass is 32.1. The van der Waals surface area contributed by atoms with Gasteiger partial charge in [0.1, 0.15) is 0 Å². The van der Waals surface area contributed by atoms with E-state index in [2.05, 4.69) is 47.9 Å². The van der Waals surface area contributed by atoms with Crippen molar-refractivity contribution in [3.63, 3.8) is 0 Å². The van der Waals surface area contributed by atoms with Gasteiger partial charge < -0.3 is 5.32 Å². The summed E-state index contributed by atoms with van der Waals surface area (Å²) in [7, 11) is 0. The predicted octanol–water partition coefficient (Wildman–Crippen LogP) is 5.22. The topological polar surface area (TPSA) is 58.2 Å². The lowest BCUT2D eigenvalue weighted by Gasteiger charge is -2.23. The Balaban J connectivity index is 1.75. The number of aryl methyl sites for hydroxylation is 1. The van der Waals surface area contributed by atoms with Gasteiger partial charge in [0.25, 0.3) is 0 Å². The van der Waals surface area contributed by atoms with Crippen molar-refractivity contribution in [3.05, 3.63) is 87.6 Å². The largest absolute Gasteiger partial charge is 0.325 e. The van der Waals surface area contributed by atoms with E-state index in [0.29, 0.717) is 11.3 Å². The van der Waals surface area contributed by atoms with E-state index in [-0.39, 0.29) is 17.7 Å². The van der Waals surface area contributed by atoms with E-state index in [4.69, 9.17) is 0 Å². The molecule has 1 amide bonds. The molecule has 2 N–H and O–H groups in total. The molecule has 0 saturated heterocycles. The molecule has 0 radical (unpaired) electrons. The normalized spacial score (nSPS) is 12.9. The van der Waals surface area contributed by atoms with Crippen molar-refractivity contribution in [3.8, 4) is 0 Å². The minimum absolute atomic E-state index is 0.0273. The number of anilines is 1. The van der Waals surface area contributed by atoms with Gasteiger partial charge in [-0.05, 0) is 55.0 Å². The van der Waals surface area contributed by atoms with Crippen molar-refractivity contribution in [2.75, 3.05) is 5.32 Å². The molecular formula is C24H26N2O2S. The summed E-state index contributed by atoms with van der Waals surface area (Å²) in [5.41, 5.74) is 3.62. The molecule has 3 aromatic rings. The van der Waals surface area contributed by atoms with Crippen molar-refractivity contribution < 1.29 is 9.59 Å². The van der Waals surface area contributed by atoms with Crippen LogP contribution in [0.1, 0.15) is 53.2 Å². The van der Waals surface area contributed by atoms with Gasteiger partial charge in [0.2, 0.25) is 5.91 Å². The molecule has 0 aliphatic heterocycles. The maximum absolute atomic E-state index is 12.8. The quantitative estimate of drug-likeness (QED) is 0.504. The fourth-order valence-electron chi connectivity index (χ4n) is 3.14. The highest BCUT2D eigenvalue weighted by Gasteiger charge is 2.21. The van der Waals surface area contributed by atoms with Crippen LogP contribution in [0.4, 0.5) is 5.69 Å². The summed E-state index contributed by atoms with van der Waals surface area (Å²) in [6.07, 6.45) is 0.996. The van der Waals surface area contributed by atoms with Gasteiger partial charge >= 0.3 is 0 Å². The number of hydrogen-bond donors (Lipinski definition) is 2. The van der Waals surface area contributed by atoms with Gasteiger partial charge in [-0.2, -0.15) is 0 Å². The Bertz CT molecular complexity index is 965. The van der Waals surface area contributed by atoms with E-state index < -0.39 is 6.04 Å². The van der Waals surface area contributed by atoms with Crippen LogP contribution in [0.15, 0.2) is 66.0 Å². The first-order chi connectivity index (χ1) is 14.0. The first-order valence-corrected chi connectivity index (χ1v) is 10.7. The Kier molecular flexibility index (Phi) is 6.96. The Labute approximate surface area is 176 Å². The molecule has 2 atom stereocenters. The van der Waals surface area contributed by atoms with Gasteiger partial charge in [-0.3, -0.25) is 14.9 Å². The zero-order valence-electron chi connectivity index (χ0n) is 16.9. The van der Waals surface area contributed by atoms with E-state index in [1.54, 1.807) is 35.6 Å². The van der Waals surface area contributed by atoms with Crippen LogP contribution >= 0.6 is 11.3 Å². The SMILES string of the molecule is CCc1ccc([C@@H](N[C@H](C)C(=O)Nc2cccc(C(C)=O)c2)c2cccs2)cc1. The molecule has 4 nitrogen and oxygen atoms in total. The lowest BCUT2D eigenvalue weighted by molar-refractivity contribution is -0.117. The lowest BCUT2D eigenvalue weighted by Crippen LogP contribution is -2.40. The maximum atomic E-state index is 12.8. The van der Waals surface area contributed by atoms with Crippen LogP contribution in [0.25, 0.3) is 0 Å². The molecule has 0 aliphatic rings. The van der Waals surface area contributed by atoms with E-state index >= 15 is 0 Å². The standard InChI is InChI=1S/C24H26N2O2S/c1-4-18-10-12-19(13-11-18)23(22-9-6-14-29-22)25-16(2)24(28)26-21-8-5-7-20(15-21)17(3)27/h5-16,23,25H,4H2,1-3H3,(H,26,28)/t16-,23-/m1/s1. The minimum atomic E-state index is -0.422. The summed E-state index contributed by atoms with van der Waals surface area (Å²) in [5, 5.41) is 8.41. The molecule has 0 aliphatic carbocycles. The fraction of sp³-hybridized carbons (Fsp3) is 0.250. The minimum Gasteiger partial charge on any atom is -0.325 e. The Morgan fingerprint density at radius 3 is 2.41 bits per heavy atom. The molecule has 3 rings (SSSR count). The smallest absolute Gasteiger partial charge is 0.241 e. The van der Waals surface area contributed by atoms with Crippen molar-refractivity contribution in [1.29, 1.82) is 0 Å². The van der Waals surface area contributed by atoms with Gasteiger partial charge in [-0.15, -0.1) is 11.3 Å². The van der Waals surface area contributed by atoms with Crippen molar-refractivity contribution in [2.24, 2.45) is 0 Å². The average molecular weight is 407 g/mol. The number of Topliss-reactive ketones (excluding diaryl/α,β-unsaturated/α-hetero) is 1. The zero-order valence-corrected chi connectivity index (χ0v) is 17.8. The first-order valence-electron chi connectivity index (χ1n) is 9.78. The molecule has 0 spiro atoms. The van der Waals surface area contributed by atoms with Crippen LogP contribution in [0.2, 0.25) is 0 Å². The lowest BCUT2D eigenvalue weighted by atomic mass is 10.0. The number of rotatable bonds is 8. The number of ketones is 1. The summed E-state index contributed by atoms with van der Waals surface area (Å²) < 4.78 is 0. The monoisotopic (exact) mass is 406 g/mol. The Morgan fingerprint density at radius 2 is 1.79 bits per heavy atom. The van der Waals surface area contributed by atoms with E-state index in [1.165, 1.54) is 12.5 Å². The van der Waals surface area contributed by atoms with Crippen LogP contribution in [0.3, 0.4) is 0 Å². The highest BCUT2D eigenvalue weighted by Crippen LogP contribution is 2.27. The summed E-state index contributed by atoms with van der Waals surface area (Å²) >= 11 is 1.67. The number of amides is 1. The number of benzene rings is 2. The van der Waals surface area contributed by atoms with Gasteiger partial charge in [-0.1, -0.05) is 49.4 Å². The predicted molar refractivity (Wildman–Crippen MR) is 120 cm³/mol. The van der Waals surface area contributed by atoms with Crippen molar-refractivity contribution >= 4 is 28.7 Å². The number of hydrogen-bond acceptors (Lipinski definition) is 4. The maximum Gasteiger partial charge on any atom is 0.241 e. The summed E-state index contributed by atoms with van der Waals surface area (Å²) in [6, 6.07) is 19.1. The van der Waals surface area contributed by atoms with Gasteiger partial charge in [-0.25, -0.2) is 0 Å². The summed E-state index contributed by atoms with van der Waals surface area (Å²) in [5.74, 6) is -0.169. The second-order valence-electron chi connectivity index (χ2n) is 7.06. The van der Waals surface area contributed by atoms with E-state index in [1.807, 2.05) is 18.4 Å². The molecule has 1 aromatic heterocycles. The van der Waals surface area contributed by atoms with Crippen LogP contribution < -0.4 is 10.6 Å². The molecule has 2 aromatic carbocycles. The molecule has 0 saturated carbocycles. The van der Waals surface area contributed by atoms with Crippen molar-refractivity contribution in [1.82, 2.24) is 5.32 Å². The number of thiophene rings is 1. The van der Waals surface area contributed by atoms with Crippen LogP contribution in [0.5, 0.6) is 0 Å². The van der Waals surface area contributed by atoms with Gasteiger partial charge in [0.15, 0.2) is 5.78 Å². The summed E-state index contributed by atoms with van der Waals surface area (Å²) in [4.78, 5) is 25.5. The average Bonchev–Trinajstić information content (AvgIpc) is 3.26. The fourth-order valence-corrected chi connectivity index (χ4v) is 3.95. The van der Waals surface area contributed by atoms with E-state index in [9.17, 15) is 9.59 Å². The van der Waals surface area contributed by atoms with Crippen LogP contribution in [-0.2, 0) is 11.2 Å². The third-order valence-electron chi connectivity index (χ3n) is 4.90. The molecule has 150 valence electrons. The zero-order chi connectivity index (χ0) is 20.8. The van der Waals surface area contributed by atoms with Crippen LogP contribution in [0, 0.1) is 0 Å². The molecule has 0 fully saturated rings. The number of carbonyl (C=O) groups excluding carboxylic acids is 2. The first kappa shape index (κ1) is 21.0. The molecule has 0 unspecified atom stereocenters. The molecular weight excluding hydrogens is 380 g/mol. The van der Waals surface area contributed by atoms with Gasteiger partial charge in [0, 0.05) is 16.1 Å². The van der Waals surface area contributed by atoms with E-state index in [0.717, 1.165) is 16.9 Å². The molecule has 0 bridgehead atoms. The highest BCUT2D eigenvalue weighted by molar-refractivity contribution is 7.10. The second-order valence-corrected chi connectivity index (χ2v) is 8.04. The van der Waals surface area contributed by atoms with Crippen LogP contribution in [-0.4, -0.2) is 17.7 Å². The Morgan fingerprint density at radius 1 is 1.03 bits per heavy atom. The third kappa shape index (κ3) is 5.40. The Hall–Kier alpha value is -2.76. The molecule has 5 heteroatoms. The van der Waals surface area contributed by atoms with Gasteiger partial charge in [0.05, 0.1) is 12.1 Å². The van der Waals surface area contributed by atoms with Crippen molar-refractivity contribution in [2.45, 2.75) is 39.3 Å². The molecule has 29 heavy (non-hydrogen) atoms. The summed E-state index contributed by atoms with van der Waals surface area (Å²) in [6.45, 7) is 5.50. The molecule has 1 heterocycles.